The molecule has 9 aromatic carbocycles. The zero-order valence-electron chi connectivity index (χ0n) is 83.2. The van der Waals surface area contributed by atoms with Crippen LogP contribution in [-0.4, -0.2) is 70.6 Å². The summed E-state index contributed by atoms with van der Waals surface area (Å²) >= 11 is 0. The maximum absolute atomic E-state index is 11.5. The Kier molecular flexibility index (Phi) is 35.8. The van der Waals surface area contributed by atoms with E-state index in [1.807, 2.05) is 143 Å². The standard InChI is InChI=1S/C28H25N2O.C27H25N2O.C26H25N2OSi.3C11H20O2.3Ir/c1-17(2)20-9-5-10-21-22-11-6-12-24(28(22)31-27(20)21)26-23-14-13-19(18-7-3-4-8-18)15-25(23)29-16-30-26;1-16(2)13-18-11-12-22-24(14-18)28-15-29-25(22)23-10-6-9-21-20-8-5-7-19(17(3)4)26(20)30-27(21)23;1-16(2)18-8-6-9-19-20-10-7-11-22(26(20)29-25(18)19)24-21-13-12-17(30(3,4)5)14-23(21)27-15-28-24;3*1-10(2,3)8(12)7-9(13)11(4,5)6;;;/h5-6,9-11,13-18H,3-4,7-8H2,1-2H3;5-9,11-12,14-17H,13H2,1-4H3;6-10,12-16H,1-5H3;3*7,12H,1-6H3;;;/q3*-1;;;;;;. The minimum Gasteiger partial charge on any atom is -0.512 e. The van der Waals surface area contributed by atoms with Crippen LogP contribution in [0.4, 0.5) is 0 Å². The van der Waals surface area contributed by atoms with Gasteiger partial charge in [0.15, 0.2) is 17.3 Å². The number of aromatic nitrogens is 6. The molecule has 133 heavy (non-hydrogen) atoms. The Morgan fingerprint density at radius 2 is 0.677 bits per heavy atom. The van der Waals surface area contributed by atoms with Crippen molar-refractivity contribution >= 4 is 129 Å². The zero-order chi connectivity index (χ0) is 95.4. The van der Waals surface area contributed by atoms with Crippen molar-refractivity contribution in [3.05, 3.63) is 246 Å². The van der Waals surface area contributed by atoms with Gasteiger partial charge in [0.05, 0.1) is 41.4 Å². The van der Waals surface area contributed by atoms with Crippen molar-refractivity contribution in [2.24, 2.45) is 38.4 Å². The van der Waals surface area contributed by atoms with E-state index in [0.717, 1.165) is 139 Å². The molecular formula is C114H135Ir3N6O9Si-3. The number of hydrogen-bond acceptors (Lipinski definition) is 15. The number of rotatable bonds is 13. The number of carbonyl (C=O) groups is 3. The fraction of sp³-hybridized carbons (Fsp3) is 0.395. The first kappa shape index (κ1) is 109. The van der Waals surface area contributed by atoms with Crippen molar-refractivity contribution in [2.75, 3.05) is 0 Å². The van der Waals surface area contributed by atoms with Gasteiger partial charge in [-0.05, 0) is 111 Å². The van der Waals surface area contributed by atoms with Crippen LogP contribution in [0, 0.1) is 56.6 Å². The number of furan rings is 3. The first-order chi connectivity index (χ1) is 60.7. The molecule has 0 aliphatic heterocycles. The third kappa shape index (κ3) is 26.1. The molecule has 0 amide bonds. The van der Waals surface area contributed by atoms with Gasteiger partial charge in [0, 0.05) is 144 Å². The Labute approximate surface area is 829 Å². The van der Waals surface area contributed by atoms with Gasteiger partial charge in [-0.1, -0.05) is 342 Å². The number of aliphatic hydroxyl groups is 3. The van der Waals surface area contributed by atoms with Crippen LogP contribution in [0.5, 0.6) is 0 Å². The van der Waals surface area contributed by atoms with Gasteiger partial charge in [0.1, 0.15) is 53.0 Å². The first-order valence-corrected chi connectivity index (χ1v) is 49.4. The number of carbonyl (C=O) groups excluding carboxylic acids is 3. The van der Waals surface area contributed by atoms with E-state index in [1.165, 1.54) is 76.9 Å². The predicted molar refractivity (Wildman–Crippen MR) is 542 cm³/mol. The summed E-state index contributed by atoms with van der Waals surface area (Å²) in [6.45, 7) is 58.1. The molecule has 15 nitrogen and oxygen atoms in total. The summed E-state index contributed by atoms with van der Waals surface area (Å²) in [6.07, 6.45) is 15.2. The van der Waals surface area contributed by atoms with Crippen molar-refractivity contribution < 1.29 is 103 Å². The number of para-hydroxylation sites is 3. The van der Waals surface area contributed by atoms with E-state index < -0.39 is 24.3 Å². The number of fused-ring (bicyclic) bond motifs is 12. The van der Waals surface area contributed by atoms with Gasteiger partial charge in [-0.15, -0.1) is 54.6 Å². The third-order valence-corrected chi connectivity index (χ3v) is 25.7. The van der Waals surface area contributed by atoms with Crippen molar-refractivity contribution in [1.29, 1.82) is 0 Å². The summed E-state index contributed by atoms with van der Waals surface area (Å²) in [5.74, 6) is 2.76. The van der Waals surface area contributed by atoms with Crippen LogP contribution in [0.1, 0.15) is 257 Å². The quantitative estimate of drug-likeness (QED) is 0.0422. The molecular weight excluding hydrogens is 2200 g/mol. The summed E-state index contributed by atoms with van der Waals surface area (Å²) in [5.41, 5.74) is 17.8. The largest absolute Gasteiger partial charge is 0.512 e. The monoisotopic (exact) mass is 2340 g/mol. The topological polar surface area (TPSA) is 229 Å². The molecule has 3 radical (unpaired) electrons. The van der Waals surface area contributed by atoms with Crippen molar-refractivity contribution in [2.45, 2.75) is 255 Å². The predicted octanol–water partition coefficient (Wildman–Crippen LogP) is 31.0. The molecule has 1 aliphatic rings. The van der Waals surface area contributed by atoms with Gasteiger partial charge in [-0.3, -0.25) is 29.3 Å². The Morgan fingerprint density at radius 1 is 0.376 bits per heavy atom. The molecule has 3 N–H and O–H groups in total. The van der Waals surface area contributed by atoms with Crippen LogP contribution in [0.3, 0.4) is 0 Å². The van der Waals surface area contributed by atoms with E-state index >= 15 is 0 Å². The van der Waals surface area contributed by atoms with Gasteiger partial charge in [-0.25, -0.2) is 15.0 Å². The maximum atomic E-state index is 11.5. The van der Waals surface area contributed by atoms with E-state index in [4.69, 9.17) is 13.3 Å². The number of hydrogen-bond donors (Lipinski definition) is 3. The fourth-order valence-corrected chi connectivity index (χ4v) is 16.5. The molecule has 19 heteroatoms. The van der Waals surface area contributed by atoms with Crippen molar-refractivity contribution in [1.82, 2.24) is 29.9 Å². The molecule has 15 aromatic rings. The second kappa shape index (κ2) is 43.9. The molecule has 0 atom stereocenters. The summed E-state index contributed by atoms with van der Waals surface area (Å²) in [6, 6.07) is 61.4. The molecule has 0 unspecified atom stereocenters. The van der Waals surface area contributed by atoms with Crippen LogP contribution in [0.2, 0.25) is 19.6 Å². The van der Waals surface area contributed by atoms with Crippen molar-refractivity contribution in [3.63, 3.8) is 0 Å². The third-order valence-electron chi connectivity index (χ3n) is 23.7. The Hall–Kier alpha value is -9.81. The number of aliphatic hydroxyl groups excluding tert-OH is 3. The van der Waals surface area contributed by atoms with Gasteiger partial charge in [0.25, 0.3) is 0 Å². The van der Waals surface area contributed by atoms with Crippen molar-refractivity contribution in [3.8, 4) is 33.8 Å². The molecule has 6 heterocycles. The Balaban J connectivity index is 0.000000204. The summed E-state index contributed by atoms with van der Waals surface area (Å²) in [4.78, 5) is 62.1. The summed E-state index contributed by atoms with van der Waals surface area (Å²) in [5, 5.41) is 39.9. The van der Waals surface area contributed by atoms with E-state index in [0.29, 0.717) is 29.6 Å². The van der Waals surface area contributed by atoms with Gasteiger partial charge < -0.3 is 28.6 Å². The van der Waals surface area contributed by atoms with Gasteiger partial charge in [0.2, 0.25) is 0 Å². The molecule has 1 aliphatic carbocycles. The Morgan fingerprint density at radius 3 is 0.977 bits per heavy atom. The molecule has 709 valence electrons. The molecule has 1 saturated carbocycles. The summed E-state index contributed by atoms with van der Waals surface area (Å²) < 4.78 is 19.4. The minimum absolute atomic E-state index is 0. The average Bonchev–Trinajstić information content (AvgIpc) is 1.63. The van der Waals surface area contributed by atoms with E-state index in [9.17, 15) is 29.7 Å². The maximum Gasteiger partial charge on any atom is 0.164 e. The molecule has 0 spiro atoms. The van der Waals surface area contributed by atoms with Crippen LogP contribution in [-0.2, 0) is 81.1 Å². The van der Waals surface area contributed by atoms with E-state index in [-0.39, 0.29) is 111 Å². The normalized spacial score (nSPS) is 13.3. The molecule has 0 bridgehead atoms. The first-order valence-electron chi connectivity index (χ1n) is 45.9. The van der Waals surface area contributed by atoms with Crippen LogP contribution in [0.25, 0.3) is 132 Å². The van der Waals surface area contributed by atoms with Crippen LogP contribution >= 0.6 is 0 Å². The molecule has 1 fully saturated rings. The second-order valence-electron chi connectivity index (χ2n) is 43.3. The van der Waals surface area contributed by atoms with Crippen LogP contribution < -0.4 is 5.19 Å². The van der Waals surface area contributed by atoms with E-state index in [1.54, 1.807) is 19.0 Å². The number of ketones is 3. The molecule has 16 rings (SSSR count). The number of allylic oxidation sites excluding steroid dienone is 6. The molecule has 6 aromatic heterocycles. The second-order valence-corrected chi connectivity index (χ2v) is 48.3. The van der Waals surface area contributed by atoms with Gasteiger partial charge in [-0.2, -0.15) is 0 Å². The number of nitrogens with zero attached hydrogens (tertiary/aromatic N) is 6. The van der Waals surface area contributed by atoms with Crippen LogP contribution in [0.15, 0.2) is 213 Å². The van der Waals surface area contributed by atoms with Gasteiger partial charge >= 0.3 is 0 Å². The summed E-state index contributed by atoms with van der Waals surface area (Å²) in [7, 11) is -1.42. The van der Waals surface area contributed by atoms with E-state index in [2.05, 4.69) is 251 Å². The minimum atomic E-state index is -1.42. The average molecular weight is 2340 g/mol. The Bertz CT molecular complexity index is 6650. The molecule has 0 saturated heterocycles. The SMILES string of the molecule is CC(C)(C)C(=O)C=C(O)C(C)(C)C.CC(C)(C)C(=O)C=C(O)C(C)(C)C.CC(C)(C)C(=O)C=C(O)C(C)(C)C.CC(C)Cc1ccc2c(-c3[c-]ccc4c3oc3c(C(C)C)cccc34)ncnc2c1.CC(C)c1cccc2c1oc1c(-c3ncnc4cc(C5CCCC5)ccc34)[c-]ccc12.CC(C)c1cccc2c1oc1c(-c3ncnc4cc([Si](C)(C)C)ccc34)[c-]ccc12.[Ir].[Ir].[Ir]. The fourth-order valence-electron chi connectivity index (χ4n) is 15.3. The zero-order valence-corrected chi connectivity index (χ0v) is 91.4. The smallest absolute Gasteiger partial charge is 0.164 e. The number of benzene rings is 9.